The Kier molecular flexibility index (Phi) is 5.41. The molecule has 24 heavy (non-hydrogen) atoms. The zero-order valence-corrected chi connectivity index (χ0v) is 14.5. The van der Waals surface area contributed by atoms with Crippen LogP contribution >= 0.6 is 0 Å². The Morgan fingerprint density at radius 2 is 1.88 bits per heavy atom. The molecule has 0 aromatic heterocycles. The number of benzene rings is 1. The summed E-state index contributed by atoms with van der Waals surface area (Å²) in [4.78, 5) is 16.4. The molecule has 0 saturated carbocycles. The number of nitrogens with zero attached hydrogens (tertiary/aromatic N) is 2. The minimum atomic E-state index is -0.868. The van der Waals surface area contributed by atoms with E-state index in [2.05, 4.69) is 4.90 Å². The van der Waals surface area contributed by atoms with Gasteiger partial charge in [-0.3, -0.25) is 9.69 Å². The number of ether oxygens (including phenoxy) is 1. The van der Waals surface area contributed by atoms with Crippen molar-refractivity contribution in [2.24, 2.45) is 0 Å². The summed E-state index contributed by atoms with van der Waals surface area (Å²) in [5, 5.41) is 10.7. The van der Waals surface area contributed by atoms with Crippen molar-refractivity contribution in [2.45, 2.75) is 38.2 Å². The van der Waals surface area contributed by atoms with Gasteiger partial charge in [-0.2, -0.15) is 0 Å². The SMILES string of the molecule is Cc1ccc(OC[C@]2(O)CCN(CC(=O)N3CCCCC3)C2)cc1. The van der Waals surface area contributed by atoms with Crippen LogP contribution in [0, 0.1) is 6.92 Å². The first kappa shape index (κ1) is 17.2. The summed E-state index contributed by atoms with van der Waals surface area (Å²) in [7, 11) is 0. The first-order chi connectivity index (χ1) is 11.5. The fourth-order valence-corrected chi connectivity index (χ4v) is 3.48. The second-order valence-corrected chi connectivity index (χ2v) is 7.23. The lowest BCUT2D eigenvalue weighted by Crippen LogP contribution is -2.44. The molecule has 2 aliphatic rings. The van der Waals surface area contributed by atoms with Crippen LogP contribution in [0.5, 0.6) is 5.75 Å². The van der Waals surface area contributed by atoms with E-state index in [0.717, 1.165) is 38.2 Å². The van der Waals surface area contributed by atoms with Crippen LogP contribution in [0.15, 0.2) is 24.3 Å². The van der Waals surface area contributed by atoms with E-state index in [1.807, 2.05) is 36.1 Å². The van der Waals surface area contributed by atoms with Gasteiger partial charge < -0.3 is 14.7 Å². The smallest absolute Gasteiger partial charge is 0.236 e. The van der Waals surface area contributed by atoms with E-state index in [1.165, 1.54) is 12.0 Å². The number of hydrogen-bond acceptors (Lipinski definition) is 4. The highest BCUT2D eigenvalue weighted by molar-refractivity contribution is 5.78. The summed E-state index contributed by atoms with van der Waals surface area (Å²) < 4.78 is 5.75. The molecule has 0 radical (unpaired) electrons. The number of β-amino-alcohol motifs (C(OH)–C–C–N with tert-alkyl or cyclic N) is 1. The van der Waals surface area contributed by atoms with Gasteiger partial charge in [0.1, 0.15) is 18.0 Å². The fraction of sp³-hybridized carbons (Fsp3) is 0.632. The summed E-state index contributed by atoms with van der Waals surface area (Å²) in [6.45, 7) is 5.72. The number of aryl methyl sites for hydroxylation is 1. The minimum Gasteiger partial charge on any atom is -0.491 e. The van der Waals surface area contributed by atoms with Crippen molar-refractivity contribution in [3.05, 3.63) is 29.8 Å². The highest BCUT2D eigenvalue weighted by Gasteiger charge is 2.38. The second kappa shape index (κ2) is 7.53. The van der Waals surface area contributed by atoms with Crippen molar-refractivity contribution >= 4 is 5.91 Å². The third-order valence-electron chi connectivity index (χ3n) is 5.01. The molecule has 3 rings (SSSR count). The second-order valence-electron chi connectivity index (χ2n) is 7.23. The molecule has 2 aliphatic heterocycles. The predicted molar refractivity (Wildman–Crippen MR) is 93.1 cm³/mol. The van der Waals surface area contributed by atoms with E-state index in [1.54, 1.807) is 0 Å². The van der Waals surface area contributed by atoms with Crippen molar-refractivity contribution < 1.29 is 14.6 Å². The van der Waals surface area contributed by atoms with E-state index < -0.39 is 5.60 Å². The van der Waals surface area contributed by atoms with Crippen molar-refractivity contribution in [3.63, 3.8) is 0 Å². The van der Waals surface area contributed by atoms with Crippen LogP contribution in [-0.4, -0.2) is 65.7 Å². The van der Waals surface area contributed by atoms with Crippen molar-refractivity contribution in [2.75, 3.05) is 39.3 Å². The van der Waals surface area contributed by atoms with Crippen LogP contribution in [0.25, 0.3) is 0 Å². The van der Waals surface area contributed by atoms with Gasteiger partial charge in [0.2, 0.25) is 5.91 Å². The molecule has 0 aliphatic carbocycles. The maximum atomic E-state index is 12.3. The van der Waals surface area contributed by atoms with Gasteiger partial charge in [0.05, 0.1) is 6.54 Å². The third kappa shape index (κ3) is 4.48. The van der Waals surface area contributed by atoms with Crippen LogP contribution in [0.4, 0.5) is 0 Å². The number of carbonyl (C=O) groups excluding carboxylic acids is 1. The molecule has 2 saturated heterocycles. The van der Waals surface area contributed by atoms with Crippen molar-refractivity contribution in [1.82, 2.24) is 9.80 Å². The number of likely N-dealkylation sites (tertiary alicyclic amines) is 2. The molecule has 0 spiro atoms. The molecule has 1 aromatic carbocycles. The average molecular weight is 332 g/mol. The summed E-state index contributed by atoms with van der Waals surface area (Å²) in [5.74, 6) is 0.968. The van der Waals surface area contributed by atoms with Crippen LogP contribution in [-0.2, 0) is 4.79 Å². The van der Waals surface area contributed by atoms with Gasteiger partial charge >= 0.3 is 0 Å². The quantitative estimate of drug-likeness (QED) is 0.894. The van der Waals surface area contributed by atoms with E-state index >= 15 is 0 Å². The van der Waals surface area contributed by atoms with E-state index in [4.69, 9.17) is 4.74 Å². The summed E-state index contributed by atoms with van der Waals surface area (Å²) in [5.41, 5.74) is 0.317. The number of piperidine rings is 1. The van der Waals surface area contributed by atoms with Gasteiger partial charge in [-0.05, 0) is 44.7 Å². The van der Waals surface area contributed by atoms with Gasteiger partial charge in [0, 0.05) is 26.2 Å². The lowest BCUT2D eigenvalue weighted by Gasteiger charge is -2.29. The van der Waals surface area contributed by atoms with Gasteiger partial charge in [-0.15, -0.1) is 0 Å². The number of carbonyl (C=O) groups is 1. The minimum absolute atomic E-state index is 0.193. The highest BCUT2D eigenvalue weighted by atomic mass is 16.5. The molecular formula is C19H28N2O3. The average Bonchev–Trinajstić information content (AvgIpc) is 2.96. The summed E-state index contributed by atoms with van der Waals surface area (Å²) in [6, 6.07) is 7.84. The Morgan fingerprint density at radius 1 is 1.17 bits per heavy atom. The summed E-state index contributed by atoms with van der Waals surface area (Å²) >= 11 is 0. The van der Waals surface area contributed by atoms with E-state index in [0.29, 0.717) is 19.5 Å². The van der Waals surface area contributed by atoms with Gasteiger partial charge in [0.15, 0.2) is 0 Å². The fourth-order valence-electron chi connectivity index (χ4n) is 3.48. The van der Waals surface area contributed by atoms with Crippen LogP contribution in [0.2, 0.25) is 0 Å². The largest absolute Gasteiger partial charge is 0.491 e. The standard InChI is InChI=1S/C19H28N2O3/c1-16-5-7-17(8-6-16)24-15-19(23)9-12-20(14-19)13-18(22)21-10-3-2-4-11-21/h5-8,23H,2-4,9-15H2,1H3/t19-/m0/s1. The molecule has 1 N–H and O–H groups in total. The normalized spacial score (nSPS) is 25.0. The lowest BCUT2D eigenvalue weighted by atomic mass is 10.1. The molecular weight excluding hydrogens is 304 g/mol. The zero-order valence-electron chi connectivity index (χ0n) is 14.5. The van der Waals surface area contributed by atoms with Crippen molar-refractivity contribution in [1.29, 1.82) is 0 Å². The molecule has 5 nitrogen and oxygen atoms in total. The van der Waals surface area contributed by atoms with E-state index in [9.17, 15) is 9.90 Å². The van der Waals surface area contributed by atoms with Crippen LogP contribution in [0.1, 0.15) is 31.2 Å². The Bertz CT molecular complexity index is 554. The first-order valence-electron chi connectivity index (χ1n) is 8.96. The predicted octanol–water partition coefficient (Wildman–Crippen LogP) is 1.82. The van der Waals surface area contributed by atoms with Gasteiger partial charge in [0.25, 0.3) is 0 Å². The molecule has 2 fully saturated rings. The molecule has 5 heteroatoms. The third-order valence-corrected chi connectivity index (χ3v) is 5.01. The Morgan fingerprint density at radius 3 is 2.58 bits per heavy atom. The zero-order chi connectivity index (χ0) is 17.0. The first-order valence-corrected chi connectivity index (χ1v) is 8.96. The Hall–Kier alpha value is -1.59. The maximum Gasteiger partial charge on any atom is 0.236 e. The molecule has 1 amide bonds. The topological polar surface area (TPSA) is 53.0 Å². The lowest BCUT2D eigenvalue weighted by molar-refractivity contribution is -0.133. The van der Waals surface area contributed by atoms with E-state index in [-0.39, 0.29) is 12.5 Å². The monoisotopic (exact) mass is 332 g/mol. The van der Waals surface area contributed by atoms with Crippen LogP contribution < -0.4 is 4.74 Å². The van der Waals surface area contributed by atoms with Crippen molar-refractivity contribution in [3.8, 4) is 5.75 Å². The Labute approximate surface area is 144 Å². The molecule has 0 bridgehead atoms. The van der Waals surface area contributed by atoms with Crippen LogP contribution in [0.3, 0.4) is 0 Å². The van der Waals surface area contributed by atoms with Gasteiger partial charge in [-0.1, -0.05) is 17.7 Å². The number of rotatable bonds is 5. The molecule has 0 unspecified atom stereocenters. The number of hydrogen-bond donors (Lipinski definition) is 1. The summed E-state index contributed by atoms with van der Waals surface area (Å²) in [6.07, 6.45) is 4.09. The number of amides is 1. The molecule has 2 heterocycles. The number of aliphatic hydroxyl groups is 1. The molecule has 1 aromatic rings. The highest BCUT2D eigenvalue weighted by Crippen LogP contribution is 2.23. The molecule has 132 valence electrons. The maximum absolute atomic E-state index is 12.3. The van der Waals surface area contributed by atoms with Gasteiger partial charge in [-0.25, -0.2) is 0 Å². The molecule has 1 atom stereocenters. The Balaban J connectivity index is 1.46.